The molecule has 4 atom stereocenters. The molecule has 1 saturated heterocycles. The topological polar surface area (TPSA) is 129 Å². The van der Waals surface area contributed by atoms with E-state index < -0.39 is 41.0 Å². The number of aliphatic hydroxyl groups is 2. The van der Waals surface area contributed by atoms with E-state index in [4.69, 9.17) is 18.9 Å². The van der Waals surface area contributed by atoms with Gasteiger partial charge in [0.15, 0.2) is 5.79 Å². The van der Waals surface area contributed by atoms with Crippen LogP contribution in [0.1, 0.15) is 47.0 Å². The molecule has 0 aromatic heterocycles. The Bertz CT molecular complexity index is 793. The number of esters is 3. The van der Waals surface area contributed by atoms with Crippen molar-refractivity contribution in [1.29, 1.82) is 0 Å². The zero-order valence-electron chi connectivity index (χ0n) is 16.2. The van der Waals surface area contributed by atoms with E-state index >= 15 is 0 Å². The van der Waals surface area contributed by atoms with Crippen LogP contribution in [0.3, 0.4) is 0 Å². The van der Waals surface area contributed by atoms with Crippen molar-refractivity contribution in [2.75, 3.05) is 6.61 Å². The fourth-order valence-corrected chi connectivity index (χ4v) is 3.83. The van der Waals surface area contributed by atoms with E-state index in [9.17, 15) is 24.6 Å². The van der Waals surface area contributed by atoms with Crippen LogP contribution in [0, 0.1) is 0 Å². The summed E-state index contributed by atoms with van der Waals surface area (Å²) in [4.78, 5) is 35.3. The second-order valence-electron chi connectivity index (χ2n) is 7.85. The van der Waals surface area contributed by atoms with Crippen LogP contribution < -0.4 is 0 Å². The van der Waals surface area contributed by atoms with Crippen LogP contribution in [0.2, 0.25) is 0 Å². The van der Waals surface area contributed by atoms with Gasteiger partial charge in [0.1, 0.15) is 24.1 Å². The molecule has 2 bridgehead atoms. The Morgan fingerprint density at radius 1 is 1.21 bits per heavy atom. The van der Waals surface area contributed by atoms with Gasteiger partial charge in [-0.15, -0.1) is 0 Å². The Hall–Kier alpha value is -2.23. The molecule has 0 radical (unpaired) electrons. The number of carbonyl (C=O) groups excluding carboxylic acids is 3. The van der Waals surface area contributed by atoms with Gasteiger partial charge in [0, 0.05) is 32.3 Å². The number of ether oxygens (including phenoxy) is 4. The smallest absolute Gasteiger partial charge is 0.343 e. The molecule has 0 amide bonds. The summed E-state index contributed by atoms with van der Waals surface area (Å²) in [5.41, 5.74) is -2.62. The van der Waals surface area contributed by atoms with Crippen LogP contribution in [-0.4, -0.2) is 57.8 Å². The van der Waals surface area contributed by atoms with Gasteiger partial charge in [0.05, 0.1) is 11.2 Å². The summed E-state index contributed by atoms with van der Waals surface area (Å²) in [6.45, 7) is 5.08. The molecule has 0 aromatic rings. The molecule has 0 saturated carbocycles. The molecule has 2 N–H and O–H groups in total. The van der Waals surface area contributed by atoms with E-state index in [-0.39, 0.29) is 36.4 Å². The first-order chi connectivity index (χ1) is 12.9. The zero-order valence-corrected chi connectivity index (χ0v) is 16.2. The number of hydrogen-bond donors (Lipinski definition) is 2. The molecule has 3 heterocycles. The van der Waals surface area contributed by atoms with Crippen LogP contribution in [-0.2, 0) is 33.3 Å². The summed E-state index contributed by atoms with van der Waals surface area (Å²) < 4.78 is 21.5. The molecule has 154 valence electrons. The zero-order chi connectivity index (χ0) is 20.9. The fraction of sp³-hybridized carbons (Fsp3) is 0.632. The van der Waals surface area contributed by atoms with Gasteiger partial charge in [-0.1, -0.05) is 0 Å². The maximum Gasteiger partial charge on any atom is 0.343 e. The second kappa shape index (κ2) is 6.68. The maximum absolute atomic E-state index is 12.4. The first-order valence-electron chi connectivity index (χ1n) is 9.00. The predicted octanol–water partition coefficient (Wildman–Crippen LogP) is 0.631. The highest BCUT2D eigenvalue weighted by molar-refractivity contribution is 5.95. The molecular formula is C19H24O9. The second-order valence-corrected chi connectivity index (χ2v) is 7.85. The van der Waals surface area contributed by atoms with Gasteiger partial charge in [-0.2, -0.15) is 0 Å². The summed E-state index contributed by atoms with van der Waals surface area (Å²) in [6, 6.07) is 0. The Kier molecular flexibility index (Phi) is 4.89. The van der Waals surface area contributed by atoms with Gasteiger partial charge in [0.25, 0.3) is 0 Å². The van der Waals surface area contributed by atoms with E-state index in [0.717, 1.165) is 0 Å². The molecular weight excluding hydrogens is 372 g/mol. The lowest BCUT2D eigenvalue weighted by molar-refractivity contribution is -0.298. The number of rotatable bonds is 3. The minimum absolute atomic E-state index is 0.0110. The van der Waals surface area contributed by atoms with Crippen molar-refractivity contribution in [3.8, 4) is 0 Å². The Morgan fingerprint density at radius 2 is 1.89 bits per heavy atom. The average molecular weight is 396 g/mol. The van der Waals surface area contributed by atoms with Crippen LogP contribution in [0.15, 0.2) is 23.0 Å². The lowest BCUT2D eigenvalue weighted by Gasteiger charge is -2.40. The SMILES string of the molecule is CC(=O)OCC1=C2C(=C[C@]3(C)CC[C@@](O)(O3)[C@](C)(O)C[C@H]2OC(C)=O)OC1=O. The molecule has 28 heavy (non-hydrogen) atoms. The Labute approximate surface area is 161 Å². The van der Waals surface area contributed by atoms with E-state index in [1.807, 2.05) is 0 Å². The summed E-state index contributed by atoms with van der Waals surface area (Å²) in [5, 5.41) is 21.9. The number of fused-ring (bicyclic) bond motifs is 3. The monoisotopic (exact) mass is 396 g/mol. The quantitative estimate of drug-likeness (QED) is 0.521. The largest absolute Gasteiger partial charge is 0.461 e. The normalized spacial score (nSPS) is 37.3. The molecule has 0 aromatic carbocycles. The molecule has 9 heteroatoms. The lowest BCUT2D eigenvalue weighted by atomic mass is 9.82. The van der Waals surface area contributed by atoms with Crippen LogP contribution in [0.4, 0.5) is 0 Å². The Balaban J connectivity index is 2.16. The van der Waals surface area contributed by atoms with Crippen molar-refractivity contribution < 1.29 is 43.5 Å². The van der Waals surface area contributed by atoms with Crippen LogP contribution >= 0.6 is 0 Å². The van der Waals surface area contributed by atoms with Gasteiger partial charge in [-0.25, -0.2) is 4.79 Å². The average Bonchev–Trinajstić information content (AvgIpc) is 3.01. The number of hydrogen-bond acceptors (Lipinski definition) is 9. The third kappa shape index (κ3) is 3.57. The predicted molar refractivity (Wildman–Crippen MR) is 92.3 cm³/mol. The van der Waals surface area contributed by atoms with E-state index in [1.165, 1.54) is 26.8 Å². The van der Waals surface area contributed by atoms with Crippen molar-refractivity contribution in [3.63, 3.8) is 0 Å². The molecule has 3 aliphatic heterocycles. The van der Waals surface area contributed by atoms with Gasteiger partial charge in [-0.05, 0) is 26.3 Å². The Morgan fingerprint density at radius 3 is 2.50 bits per heavy atom. The van der Waals surface area contributed by atoms with E-state index in [1.54, 1.807) is 6.92 Å². The summed E-state index contributed by atoms with van der Waals surface area (Å²) in [5.74, 6) is -3.76. The molecule has 3 aliphatic rings. The van der Waals surface area contributed by atoms with Gasteiger partial charge in [0.2, 0.25) is 0 Å². The summed E-state index contributed by atoms with van der Waals surface area (Å²) in [7, 11) is 0. The van der Waals surface area contributed by atoms with Gasteiger partial charge >= 0.3 is 17.9 Å². The molecule has 3 rings (SSSR count). The summed E-state index contributed by atoms with van der Waals surface area (Å²) in [6.07, 6.45) is 0.653. The fourth-order valence-electron chi connectivity index (χ4n) is 3.83. The molecule has 0 spiro atoms. The molecule has 0 aliphatic carbocycles. The third-order valence-corrected chi connectivity index (χ3v) is 5.31. The molecule has 9 nitrogen and oxygen atoms in total. The minimum Gasteiger partial charge on any atom is -0.461 e. The molecule has 0 unspecified atom stereocenters. The van der Waals surface area contributed by atoms with Crippen molar-refractivity contribution >= 4 is 17.9 Å². The van der Waals surface area contributed by atoms with Crippen molar-refractivity contribution in [2.45, 2.75) is 70.1 Å². The van der Waals surface area contributed by atoms with E-state index in [2.05, 4.69) is 0 Å². The van der Waals surface area contributed by atoms with E-state index in [0.29, 0.717) is 6.42 Å². The van der Waals surface area contributed by atoms with Crippen LogP contribution in [0.25, 0.3) is 0 Å². The first-order valence-corrected chi connectivity index (χ1v) is 9.00. The van der Waals surface area contributed by atoms with Gasteiger partial charge < -0.3 is 29.2 Å². The highest BCUT2D eigenvalue weighted by Crippen LogP contribution is 2.49. The summed E-state index contributed by atoms with van der Waals surface area (Å²) >= 11 is 0. The van der Waals surface area contributed by atoms with Crippen molar-refractivity contribution in [3.05, 3.63) is 23.0 Å². The first kappa shape index (κ1) is 20.5. The highest BCUT2D eigenvalue weighted by atomic mass is 16.7. The third-order valence-electron chi connectivity index (χ3n) is 5.31. The van der Waals surface area contributed by atoms with Gasteiger partial charge in [-0.3, -0.25) is 9.59 Å². The highest BCUT2D eigenvalue weighted by Gasteiger charge is 2.58. The molecule has 1 fully saturated rings. The lowest BCUT2D eigenvalue weighted by Crippen LogP contribution is -2.54. The van der Waals surface area contributed by atoms with Crippen molar-refractivity contribution in [2.24, 2.45) is 0 Å². The standard InChI is InChI=1S/C19H24O9/c1-10(20)25-9-12-15-13(27-16(12)22)7-17(3)5-6-19(24,28-17)18(4,23)8-14(15)26-11(2)21/h7,14,23-24H,5-6,8-9H2,1-4H3/t14-,17+,18-,19-/m1/s1. The van der Waals surface area contributed by atoms with Crippen molar-refractivity contribution in [1.82, 2.24) is 0 Å². The number of carbonyl (C=O) groups is 3. The maximum atomic E-state index is 12.4. The van der Waals surface area contributed by atoms with Crippen LogP contribution in [0.5, 0.6) is 0 Å². The minimum atomic E-state index is -1.88.